The Labute approximate surface area is 190 Å². The molecule has 0 bridgehead atoms. The zero-order chi connectivity index (χ0) is 22.8. The van der Waals surface area contributed by atoms with Gasteiger partial charge in [0.05, 0.1) is 6.10 Å². The highest BCUT2D eigenvalue weighted by Gasteiger charge is 2.59. The van der Waals surface area contributed by atoms with E-state index in [9.17, 15) is 15.3 Å². The summed E-state index contributed by atoms with van der Waals surface area (Å²) in [4.78, 5) is 0. The fourth-order valence-corrected chi connectivity index (χ4v) is 8.66. The number of rotatable bonds is 4. The van der Waals surface area contributed by atoms with Crippen molar-refractivity contribution in [3.05, 3.63) is 11.6 Å². The van der Waals surface area contributed by atoms with Gasteiger partial charge in [-0.1, -0.05) is 53.2 Å². The Kier molecular flexibility index (Phi) is 6.01. The lowest BCUT2D eigenvalue weighted by Crippen LogP contribution is -2.52. The van der Waals surface area contributed by atoms with Gasteiger partial charge >= 0.3 is 0 Å². The van der Waals surface area contributed by atoms with Gasteiger partial charge in [0, 0.05) is 12.8 Å². The van der Waals surface area contributed by atoms with Crippen LogP contribution in [0.2, 0.25) is 0 Å². The van der Waals surface area contributed by atoms with Gasteiger partial charge < -0.3 is 15.3 Å². The van der Waals surface area contributed by atoms with Crippen molar-refractivity contribution in [1.82, 2.24) is 0 Å². The molecule has 3 heteroatoms. The van der Waals surface area contributed by atoms with E-state index in [1.54, 1.807) is 0 Å². The topological polar surface area (TPSA) is 60.7 Å². The fraction of sp³-hybridized carbons (Fsp3) is 0.929. The van der Waals surface area contributed by atoms with E-state index in [4.69, 9.17) is 0 Å². The van der Waals surface area contributed by atoms with E-state index in [0.717, 1.165) is 43.4 Å². The Morgan fingerprint density at radius 1 is 1.00 bits per heavy atom. The molecular weight excluding hydrogens is 384 g/mol. The van der Waals surface area contributed by atoms with Gasteiger partial charge in [0.1, 0.15) is 0 Å². The molecule has 4 aliphatic carbocycles. The van der Waals surface area contributed by atoms with Gasteiger partial charge in [0.2, 0.25) is 0 Å². The van der Waals surface area contributed by atoms with Gasteiger partial charge in [-0.2, -0.15) is 0 Å². The van der Waals surface area contributed by atoms with Crippen LogP contribution in [0.4, 0.5) is 0 Å². The van der Waals surface area contributed by atoms with E-state index in [-0.39, 0.29) is 16.9 Å². The SMILES string of the molecule is CC(CCC(O)C(C)(C)C)[C@H]1CC[C@H]2[C@@H]3CC=C4CC(O)(O)CC[C@]4(C)[C@H]3CC[C@]12C. The molecule has 4 aliphatic rings. The average Bonchev–Trinajstić information content (AvgIpc) is 3.02. The highest BCUT2D eigenvalue weighted by molar-refractivity contribution is 5.26. The van der Waals surface area contributed by atoms with Crippen molar-refractivity contribution in [2.24, 2.45) is 45.8 Å². The van der Waals surface area contributed by atoms with Crippen LogP contribution in [0.1, 0.15) is 106 Å². The summed E-state index contributed by atoms with van der Waals surface area (Å²) in [5, 5.41) is 31.1. The molecule has 0 saturated heterocycles. The Morgan fingerprint density at radius 3 is 2.39 bits per heavy atom. The molecule has 0 aliphatic heterocycles. The standard InChI is InChI=1S/C28H48O3/c1-18(7-12-24(29)25(2,3)4)21-10-11-22-20-9-8-19-17-28(30,31)16-15-26(19,5)23(20)13-14-27(21,22)6/h8,18,20-24,29-31H,7,9-17H2,1-6H3/t18?,20-,21+,22-,23-,24?,26-,27+/m0/s1. The van der Waals surface area contributed by atoms with Gasteiger partial charge in [0.25, 0.3) is 0 Å². The third-order valence-corrected chi connectivity index (χ3v) is 10.8. The van der Waals surface area contributed by atoms with E-state index in [1.165, 1.54) is 31.3 Å². The normalized spacial score (nSPS) is 44.0. The van der Waals surface area contributed by atoms with Crippen LogP contribution in [-0.4, -0.2) is 27.2 Å². The maximum absolute atomic E-state index is 10.6. The summed E-state index contributed by atoms with van der Waals surface area (Å²) in [6.45, 7) is 13.9. The van der Waals surface area contributed by atoms with Crippen LogP contribution >= 0.6 is 0 Å². The lowest BCUT2D eigenvalue weighted by atomic mass is 9.46. The molecule has 31 heavy (non-hydrogen) atoms. The zero-order valence-corrected chi connectivity index (χ0v) is 21.0. The number of hydrogen-bond acceptors (Lipinski definition) is 3. The highest BCUT2D eigenvalue weighted by atomic mass is 16.5. The lowest BCUT2D eigenvalue weighted by molar-refractivity contribution is -0.189. The maximum Gasteiger partial charge on any atom is 0.166 e. The second-order valence-corrected chi connectivity index (χ2v) is 13.6. The second kappa shape index (κ2) is 7.84. The predicted octanol–water partition coefficient (Wildman–Crippen LogP) is 6.07. The first-order chi connectivity index (χ1) is 14.3. The monoisotopic (exact) mass is 432 g/mol. The van der Waals surface area contributed by atoms with Crippen molar-refractivity contribution in [1.29, 1.82) is 0 Å². The van der Waals surface area contributed by atoms with Crippen molar-refractivity contribution in [3.63, 3.8) is 0 Å². The molecule has 3 nitrogen and oxygen atoms in total. The van der Waals surface area contributed by atoms with Crippen LogP contribution in [0.25, 0.3) is 0 Å². The van der Waals surface area contributed by atoms with Crippen molar-refractivity contribution in [3.8, 4) is 0 Å². The minimum Gasteiger partial charge on any atom is -0.393 e. The van der Waals surface area contributed by atoms with E-state index in [2.05, 4.69) is 47.6 Å². The van der Waals surface area contributed by atoms with E-state index in [1.807, 2.05) is 0 Å². The first kappa shape index (κ1) is 23.8. The van der Waals surface area contributed by atoms with Crippen LogP contribution < -0.4 is 0 Å². The summed E-state index contributed by atoms with van der Waals surface area (Å²) >= 11 is 0. The molecule has 3 saturated carbocycles. The Bertz CT molecular complexity index is 704. The third-order valence-electron chi connectivity index (χ3n) is 10.8. The predicted molar refractivity (Wildman–Crippen MR) is 126 cm³/mol. The first-order valence-electron chi connectivity index (χ1n) is 13.1. The minimum absolute atomic E-state index is 0.0256. The molecule has 2 unspecified atom stereocenters. The number of hydrogen-bond donors (Lipinski definition) is 3. The summed E-state index contributed by atoms with van der Waals surface area (Å²) in [5.74, 6) is 2.22. The Balaban J connectivity index is 1.48. The number of aliphatic hydroxyl groups excluding tert-OH is 1. The van der Waals surface area contributed by atoms with Crippen molar-refractivity contribution in [2.75, 3.05) is 0 Å². The molecular formula is C28H48O3. The number of fused-ring (bicyclic) bond motifs is 5. The van der Waals surface area contributed by atoms with Crippen LogP contribution in [0.5, 0.6) is 0 Å². The molecule has 0 spiro atoms. The molecule has 0 aromatic carbocycles. The lowest BCUT2D eigenvalue weighted by Gasteiger charge is -2.59. The van der Waals surface area contributed by atoms with Crippen molar-refractivity contribution >= 4 is 0 Å². The fourth-order valence-electron chi connectivity index (χ4n) is 8.66. The summed E-state index contributed by atoms with van der Waals surface area (Å²) < 4.78 is 0. The first-order valence-corrected chi connectivity index (χ1v) is 13.1. The summed E-state index contributed by atoms with van der Waals surface area (Å²) in [7, 11) is 0. The Hall–Kier alpha value is -0.380. The van der Waals surface area contributed by atoms with Gasteiger partial charge in [-0.05, 0) is 97.2 Å². The molecule has 0 aromatic rings. The zero-order valence-electron chi connectivity index (χ0n) is 21.0. The minimum atomic E-state index is -1.49. The molecule has 0 radical (unpaired) electrons. The molecule has 178 valence electrons. The molecule has 8 atom stereocenters. The van der Waals surface area contributed by atoms with Crippen LogP contribution in [-0.2, 0) is 0 Å². The number of aliphatic hydroxyl groups is 3. The van der Waals surface area contributed by atoms with Gasteiger partial charge in [-0.15, -0.1) is 0 Å². The van der Waals surface area contributed by atoms with Gasteiger partial charge in [0.15, 0.2) is 5.79 Å². The smallest absolute Gasteiger partial charge is 0.166 e. The largest absolute Gasteiger partial charge is 0.393 e. The summed E-state index contributed by atoms with van der Waals surface area (Å²) in [5.41, 5.74) is 1.90. The van der Waals surface area contributed by atoms with Crippen LogP contribution in [0.15, 0.2) is 11.6 Å². The molecule has 3 fully saturated rings. The quantitative estimate of drug-likeness (QED) is 0.373. The molecule has 0 amide bonds. The highest BCUT2D eigenvalue weighted by Crippen LogP contribution is 2.67. The molecule has 3 N–H and O–H groups in total. The van der Waals surface area contributed by atoms with E-state index < -0.39 is 5.79 Å². The van der Waals surface area contributed by atoms with Crippen molar-refractivity contribution in [2.45, 2.75) is 118 Å². The van der Waals surface area contributed by atoms with Gasteiger partial charge in [-0.25, -0.2) is 0 Å². The van der Waals surface area contributed by atoms with Crippen LogP contribution in [0, 0.1) is 45.8 Å². The van der Waals surface area contributed by atoms with E-state index in [0.29, 0.717) is 30.1 Å². The second-order valence-electron chi connectivity index (χ2n) is 13.6. The Morgan fingerprint density at radius 2 is 1.71 bits per heavy atom. The molecule has 0 heterocycles. The third kappa shape index (κ3) is 4.06. The maximum atomic E-state index is 10.6. The van der Waals surface area contributed by atoms with Crippen LogP contribution in [0.3, 0.4) is 0 Å². The number of allylic oxidation sites excluding steroid dienone is 1. The average molecular weight is 433 g/mol. The molecule has 0 aromatic heterocycles. The molecule has 4 rings (SSSR count). The van der Waals surface area contributed by atoms with Gasteiger partial charge in [-0.3, -0.25) is 0 Å². The van der Waals surface area contributed by atoms with E-state index >= 15 is 0 Å². The summed E-state index contributed by atoms with van der Waals surface area (Å²) in [6.07, 6.45) is 12.6. The van der Waals surface area contributed by atoms with Crippen molar-refractivity contribution < 1.29 is 15.3 Å². The summed E-state index contributed by atoms with van der Waals surface area (Å²) in [6, 6.07) is 0.